The minimum Gasteiger partial charge on any atom is -0.239 e. The molecule has 2 rings (SSSR count). The van der Waals surface area contributed by atoms with Gasteiger partial charge in [0.15, 0.2) is 0 Å². The van der Waals surface area contributed by atoms with Crippen LogP contribution in [-0.2, 0) is 0 Å². The fourth-order valence-electron chi connectivity index (χ4n) is 1.13. The van der Waals surface area contributed by atoms with Crippen LogP contribution in [0.5, 0.6) is 0 Å². The number of rotatable bonds is 0. The van der Waals surface area contributed by atoms with E-state index in [1.54, 1.807) is 0 Å². The summed E-state index contributed by atoms with van der Waals surface area (Å²) in [6.45, 7) is 0. The van der Waals surface area contributed by atoms with Gasteiger partial charge in [0.25, 0.3) is 0 Å². The molecule has 4 heteroatoms. The van der Waals surface area contributed by atoms with E-state index in [2.05, 4.69) is 43.5 Å². The van der Waals surface area contributed by atoms with Crippen molar-refractivity contribution in [2.24, 2.45) is 0 Å². The Morgan fingerprint density at radius 3 is 2.77 bits per heavy atom. The summed E-state index contributed by atoms with van der Waals surface area (Å²) in [4.78, 5) is 4.32. The lowest BCUT2D eigenvalue weighted by atomic mass is 10.2. The molecule has 0 aliphatic carbocycles. The molecule has 1 aromatic heterocycles. The van der Waals surface area contributed by atoms with Crippen LogP contribution in [0.1, 0.15) is 0 Å². The summed E-state index contributed by atoms with van der Waals surface area (Å²) in [7, 11) is 0. The molecule has 0 N–H and O–H groups in total. The average molecular weight is 368 g/mol. The van der Waals surface area contributed by atoms with E-state index in [1.165, 1.54) is 0 Å². The SMILES string of the molecule is Clc1ccc(I)c2ccc(Br)nc12. The summed E-state index contributed by atoms with van der Waals surface area (Å²) in [5.41, 5.74) is 0.850. The van der Waals surface area contributed by atoms with Crippen molar-refractivity contribution in [1.82, 2.24) is 4.98 Å². The molecule has 0 saturated carbocycles. The highest BCUT2D eigenvalue weighted by Crippen LogP contribution is 2.27. The number of benzene rings is 1. The topological polar surface area (TPSA) is 12.9 Å². The summed E-state index contributed by atoms with van der Waals surface area (Å²) in [5, 5.41) is 1.79. The molecule has 66 valence electrons. The number of nitrogens with zero attached hydrogens (tertiary/aromatic N) is 1. The van der Waals surface area contributed by atoms with E-state index in [0.717, 1.165) is 19.1 Å². The van der Waals surface area contributed by atoms with Gasteiger partial charge in [0.1, 0.15) is 4.60 Å². The van der Waals surface area contributed by atoms with Crippen LogP contribution < -0.4 is 0 Å². The zero-order chi connectivity index (χ0) is 9.42. The lowest BCUT2D eigenvalue weighted by molar-refractivity contribution is 1.35. The summed E-state index contributed by atoms with van der Waals surface area (Å²) in [6, 6.07) is 7.78. The monoisotopic (exact) mass is 367 g/mol. The highest BCUT2D eigenvalue weighted by Gasteiger charge is 2.03. The van der Waals surface area contributed by atoms with Gasteiger partial charge < -0.3 is 0 Å². The van der Waals surface area contributed by atoms with E-state index in [4.69, 9.17) is 11.6 Å². The van der Waals surface area contributed by atoms with Crippen molar-refractivity contribution in [2.75, 3.05) is 0 Å². The number of hydrogen-bond acceptors (Lipinski definition) is 1. The van der Waals surface area contributed by atoms with Crippen LogP contribution in [0.25, 0.3) is 10.9 Å². The van der Waals surface area contributed by atoms with Gasteiger partial charge in [0.2, 0.25) is 0 Å². The van der Waals surface area contributed by atoms with Crippen LogP contribution in [0.2, 0.25) is 5.02 Å². The van der Waals surface area contributed by atoms with Gasteiger partial charge in [0.05, 0.1) is 10.5 Å². The molecule has 0 amide bonds. The van der Waals surface area contributed by atoms with Crippen LogP contribution in [0.15, 0.2) is 28.9 Å². The maximum atomic E-state index is 6.01. The largest absolute Gasteiger partial charge is 0.239 e. The van der Waals surface area contributed by atoms with Crippen molar-refractivity contribution in [3.63, 3.8) is 0 Å². The van der Waals surface area contributed by atoms with Crippen molar-refractivity contribution in [2.45, 2.75) is 0 Å². The molecule has 0 fully saturated rings. The summed E-state index contributed by atoms with van der Waals surface area (Å²) in [6.07, 6.45) is 0. The Bertz CT molecular complexity index is 472. The van der Waals surface area contributed by atoms with Gasteiger partial charge in [-0.2, -0.15) is 0 Å². The lowest BCUT2D eigenvalue weighted by Crippen LogP contribution is -1.83. The molecule has 1 nitrogen and oxygen atoms in total. The second-order valence-corrected chi connectivity index (χ2v) is 4.94. The Hall–Kier alpha value is 0.130. The first-order chi connectivity index (χ1) is 6.18. The first-order valence-corrected chi connectivity index (χ1v) is 5.84. The van der Waals surface area contributed by atoms with Crippen molar-refractivity contribution in [3.05, 3.63) is 37.5 Å². The van der Waals surface area contributed by atoms with E-state index in [-0.39, 0.29) is 0 Å². The summed E-state index contributed by atoms with van der Waals surface area (Å²) < 4.78 is 1.97. The third kappa shape index (κ3) is 1.82. The molecule has 0 atom stereocenters. The van der Waals surface area contributed by atoms with E-state index in [0.29, 0.717) is 5.02 Å². The highest BCUT2D eigenvalue weighted by molar-refractivity contribution is 14.1. The predicted octanol–water partition coefficient (Wildman–Crippen LogP) is 4.26. The quantitative estimate of drug-likeness (QED) is 0.500. The van der Waals surface area contributed by atoms with Gasteiger partial charge in [0, 0.05) is 8.96 Å². The van der Waals surface area contributed by atoms with Gasteiger partial charge in [-0.05, 0) is 62.8 Å². The van der Waals surface area contributed by atoms with E-state index < -0.39 is 0 Å². The summed E-state index contributed by atoms with van der Waals surface area (Å²) >= 11 is 11.6. The molecule has 0 bridgehead atoms. The first-order valence-electron chi connectivity index (χ1n) is 3.59. The van der Waals surface area contributed by atoms with Crippen molar-refractivity contribution >= 4 is 61.0 Å². The average Bonchev–Trinajstić information content (AvgIpc) is 2.12. The van der Waals surface area contributed by atoms with Crippen LogP contribution in [0.4, 0.5) is 0 Å². The number of fused-ring (bicyclic) bond motifs is 1. The number of pyridine rings is 1. The zero-order valence-electron chi connectivity index (χ0n) is 6.39. The third-order valence-corrected chi connectivity index (χ3v) is 3.41. The van der Waals surface area contributed by atoms with Crippen LogP contribution in [0, 0.1) is 3.57 Å². The minimum absolute atomic E-state index is 0.691. The van der Waals surface area contributed by atoms with Crippen molar-refractivity contribution in [3.8, 4) is 0 Å². The molecule has 2 aromatic rings. The smallest absolute Gasteiger partial charge is 0.106 e. The molecule has 0 aliphatic rings. The molecule has 0 unspecified atom stereocenters. The lowest BCUT2D eigenvalue weighted by Gasteiger charge is -2.01. The molecular weight excluding hydrogens is 364 g/mol. The van der Waals surface area contributed by atoms with E-state index in [9.17, 15) is 0 Å². The maximum Gasteiger partial charge on any atom is 0.106 e. The van der Waals surface area contributed by atoms with Gasteiger partial charge >= 0.3 is 0 Å². The predicted molar refractivity (Wildman–Crippen MR) is 67.2 cm³/mol. The maximum absolute atomic E-state index is 6.01. The van der Waals surface area contributed by atoms with Gasteiger partial charge in [-0.3, -0.25) is 0 Å². The fourth-order valence-corrected chi connectivity index (χ4v) is 2.26. The Labute approximate surface area is 103 Å². The Morgan fingerprint density at radius 1 is 1.23 bits per heavy atom. The molecule has 0 radical (unpaired) electrons. The van der Waals surface area contributed by atoms with Crippen molar-refractivity contribution in [1.29, 1.82) is 0 Å². The van der Waals surface area contributed by atoms with Crippen LogP contribution in [0.3, 0.4) is 0 Å². The highest BCUT2D eigenvalue weighted by atomic mass is 127. The molecular formula is C9H4BrClIN. The zero-order valence-corrected chi connectivity index (χ0v) is 10.9. The molecule has 0 saturated heterocycles. The number of halogens is 3. The molecule has 1 heterocycles. The third-order valence-electron chi connectivity index (χ3n) is 1.72. The standard InChI is InChI=1S/C9H4BrClIN/c10-8-4-1-5-7(12)3-2-6(11)9(5)13-8/h1-4H. The summed E-state index contributed by atoms with van der Waals surface area (Å²) in [5.74, 6) is 0. The van der Waals surface area contributed by atoms with Crippen LogP contribution >= 0.6 is 50.1 Å². The second-order valence-electron chi connectivity index (χ2n) is 2.56. The Morgan fingerprint density at radius 2 is 2.00 bits per heavy atom. The Kier molecular flexibility index (Phi) is 2.76. The minimum atomic E-state index is 0.691. The van der Waals surface area contributed by atoms with Gasteiger partial charge in [-0.25, -0.2) is 4.98 Å². The normalized spacial score (nSPS) is 10.7. The Balaban J connectivity index is 2.92. The molecule has 13 heavy (non-hydrogen) atoms. The molecule has 0 spiro atoms. The van der Waals surface area contributed by atoms with Crippen molar-refractivity contribution < 1.29 is 0 Å². The molecule has 1 aromatic carbocycles. The van der Waals surface area contributed by atoms with Crippen LogP contribution in [-0.4, -0.2) is 4.98 Å². The second kappa shape index (κ2) is 3.71. The first kappa shape index (κ1) is 9.68. The molecule has 0 aliphatic heterocycles. The van der Waals surface area contributed by atoms with E-state index >= 15 is 0 Å². The van der Waals surface area contributed by atoms with Gasteiger partial charge in [-0.15, -0.1) is 0 Å². The number of aromatic nitrogens is 1. The van der Waals surface area contributed by atoms with Gasteiger partial charge in [-0.1, -0.05) is 11.6 Å². The fraction of sp³-hybridized carbons (Fsp3) is 0. The number of hydrogen-bond donors (Lipinski definition) is 0. The van der Waals surface area contributed by atoms with E-state index in [1.807, 2.05) is 24.3 Å².